The number of nitrogens with two attached hydrogens (primary N) is 1. The average Bonchev–Trinajstić information content (AvgIpc) is 2.52. The molecule has 1 aromatic carbocycles. The Labute approximate surface area is 137 Å². The van der Waals surface area contributed by atoms with Crippen molar-refractivity contribution in [3.8, 4) is 11.6 Å². The Morgan fingerprint density at radius 2 is 1.78 bits per heavy atom. The maximum Gasteiger partial charge on any atom is 0.250 e. The molecule has 0 atom stereocenters. The number of primary amides is 1. The molecular formula is C19H24N2O2. The lowest BCUT2D eigenvalue weighted by Crippen LogP contribution is -2.10. The van der Waals surface area contributed by atoms with Crippen LogP contribution in [0.5, 0.6) is 11.6 Å². The number of nitrogens with zero attached hydrogens (tertiary/aromatic N) is 1. The molecular weight excluding hydrogens is 288 g/mol. The van der Waals surface area contributed by atoms with E-state index < -0.39 is 5.91 Å². The Bertz CT molecular complexity index is 679. The summed E-state index contributed by atoms with van der Waals surface area (Å²) in [5, 5.41) is 0. The van der Waals surface area contributed by atoms with E-state index in [4.69, 9.17) is 10.5 Å². The SMILES string of the molecule is CCCc1cc(C)c(Oc2ccc(C(N)=O)cn2)cc1CCC. The smallest absolute Gasteiger partial charge is 0.250 e. The fraction of sp³-hybridized carbons (Fsp3) is 0.368. The Balaban J connectivity index is 2.27. The number of ether oxygens (including phenoxy) is 1. The first-order valence-corrected chi connectivity index (χ1v) is 8.11. The van der Waals surface area contributed by atoms with Crippen molar-refractivity contribution in [2.75, 3.05) is 0 Å². The summed E-state index contributed by atoms with van der Waals surface area (Å²) in [4.78, 5) is 15.2. The number of amides is 1. The van der Waals surface area contributed by atoms with Crippen molar-refractivity contribution in [1.29, 1.82) is 0 Å². The van der Waals surface area contributed by atoms with Crippen LogP contribution in [0.1, 0.15) is 53.7 Å². The molecule has 23 heavy (non-hydrogen) atoms. The summed E-state index contributed by atoms with van der Waals surface area (Å²) in [5.74, 6) is 0.783. The number of carbonyl (C=O) groups is 1. The number of rotatable bonds is 7. The number of aromatic nitrogens is 1. The van der Waals surface area contributed by atoms with E-state index in [0.717, 1.165) is 37.0 Å². The third-order valence-corrected chi connectivity index (χ3v) is 3.77. The number of hydrogen-bond donors (Lipinski definition) is 1. The number of benzene rings is 1. The summed E-state index contributed by atoms with van der Waals surface area (Å²) < 4.78 is 5.90. The van der Waals surface area contributed by atoms with E-state index in [1.54, 1.807) is 12.1 Å². The number of hydrogen-bond acceptors (Lipinski definition) is 3. The van der Waals surface area contributed by atoms with E-state index in [1.807, 2.05) is 6.92 Å². The van der Waals surface area contributed by atoms with Crippen LogP contribution in [0.4, 0.5) is 0 Å². The number of carbonyl (C=O) groups excluding carboxylic acids is 1. The van der Waals surface area contributed by atoms with E-state index in [-0.39, 0.29) is 0 Å². The van der Waals surface area contributed by atoms with Gasteiger partial charge in [0.15, 0.2) is 0 Å². The van der Waals surface area contributed by atoms with Crippen molar-refractivity contribution in [3.63, 3.8) is 0 Å². The molecule has 1 amide bonds. The highest BCUT2D eigenvalue weighted by Gasteiger charge is 2.10. The summed E-state index contributed by atoms with van der Waals surface area (Å²) in [6.45, 7) is 6.42. The van der Waals surface area contributed by atoms with Crippen molar-refractivity contribution < 1.29 is 9.53 Å². The predicted molar refractivity (Wildman–Crippen MR) is 92.0 cm³/mol. The largest absolute Gasteiger partial charge is 0.439 e. The van der Waals surface area contributed by atoms with Gasteiger partial charge in [-0.05, 0) is 48.6 Å². The minimum absolute atomic E-state index is 0.374. The van der Waals surface area contributed by atoms with Gasteiger partial charge in [0.1, 0.15) is 5.75 Å². The van der Waals surface area contributed by atoms with Crippen LogP contribution in [0.25, 0.3) is 0 Å². The number of aryl methyl sites for hydroxylation is 3. The Morgan fingerprint density at radius 1 is 1.13 bits per heavy atom. The van der Waals surface area contributed by atoms with Crippen molar-refractivity contribution >= 4 is 5.91 Å². The molecule has 0 fully saturated rings. The molecule has 0 aliphatic rings. The lowest BCUT2D eigenvalue weighted by Gasteiger charge is -2.14. The van der Waals surface area contributed by atoms with Crippen LogP contribution in [0.15, 0.2) is 30.5 Å². The molecule has 2 N–H and O–H groups in total. The van der Waals surface area contributed by atoms with Gasteiger partial charge in [0, 0.05) is 12.3 Å². The molecule has 122 valence electrons. The molecule has 0 aliphatic heterocycles. The second-order valence-corrected chi connectivity index (χ2v) is 5.74. The molecule has 2 rings (SSSR count). The Hall–Kier alpha value is -2.36. The van der Waals surface area contributed by atoms with Gasteiger partial charge in [-0.2, -0.15) is 0 Å². The highest BCUT2D eigenvalue weighted by atomic mass is 16.5. The third kappa shape index (κ3) is 4.31. The van der Waals surface area contributed by atoms with Crippen molar-refractivity contribution in [2.45, 2.75) is 46.5 Å². The van der Waals surface area contributed by atoms with Gasteiger partial charge in [0.05, 0.1) is 5.56 Å². The minimum atomic E-state index is -0.491. The van der Waals surface area contributed by atoms with Crippen LogP contribution in [0.2, 0.25) is 0 Å². The molecule has 4 nitrogen and oxygen atoms in total. The van der Waals surface area contributed by atoms with Gasteiger partial charge in [-0.25, -0.2) is 4.98 Å². The van der Waals surface area contributed by atoms with Crippen molar-refractivity contribution in [1.82, 2.24) is 4.98 Å². The summed E-state index contributed by atoms with van der Waals surface area (Å²) >= 11 is 0. The van der Waals surface area contributed by atoms with Crippen molar-refractivity contribution in [3.05, 3.63) is 52.7 Å². The van der Waals surface area contributed by atoms with E-state index in [2.05, 4.69) is 31.0 Å². The lowest BCUT2D eigenvalue weighted by atomic mass is 9.97. The molecule has 0 saturated carbocycles. The second-order valence-electron chi connectivity index (χ2n) is 5.74. The summed E-state index contributed by atoms with van der Waals surface area (Å²) in [7, 11) is 0. The van der Waals surface area contributed by atoms with Crippen LogP contribution in [0.3, 0.4) is 0 Å². The summed E-state index contributed by atoms with van der Waals surface area (Å²) in [6, 6.07) is 7.62. The lowest BCUT2D eigenvalue weighted by molar-refractivity contribution is 0.1000. The van der Waals surface area contributed by atoms with Crippen LogP contribution in [0, 0.1) is 6.92 Å². The molecule has 0 bridgehead atoms. The standard InChI is InChI=1S/C19H24N2O2/c1-4-6-14-10-13(3)17(11-15(14)7-5-2)23-18-9-8-16(12-21-18)19(20)22/h8-12H,4-7H2,1-3H3,(H2,20,22). The molecule has 0 aliphatic carbocycles. The highest BCUT2D eigenvalue weighted by Crippen LogP contribution is 2.28. The first-order chi connectivity index (χ1) is 11.0. The molecule has 2 aromatic rings. The molecule has 4 heteroatoms. The van der Waals surface area contributed by atoms with Gasteiger partial charge >= 0.3 is 0 Å². The average molecular weight is 312 g/mol. The molecule has 1 heterocycles. The van der Waals surface area contributed by atoms with Crippen molar-refractivity contribution in [2.24, 2.45) is 5.73 Å². The van der Waals surface area contributed by atoms with Gasteiger partial charge in [0.2, 0.25) is 11.8 Å². The van der Waals surface area contributed by atoms with Crippen LogP contribution in [-0.2, 0) is 12.8 Å². The molecule has 0 spiro atoms. The first-order valence-electron chi connectivity index (χ1n) is 8.11. The normalized spacial score (nSPS) is 10.6. The van der Waals surface area contributed by atoms with E-state index >= 15 is 0 Å². The highest BCUT2D eigenvalue weighted by molar-refractivity contribution is 5.92. The first kappa shape index (κ1) is 17.0. The van der Waals surface area contributed by atoms with Gasteiger partial charge in [-0.1, -0.05) is 32.8 Å². The minimum Gasteiger partial charge on any atom is -0.439 e. The predicted octanol–water partition coefficient (Wildman–Crippen LogP) is 4.19. The molecule has 0 radical (unpaired) electrons. The zero-order chi connectivity index (χ0) is 16.8. The maximum absolute atomic E-state index is 11.1. The van der Waals surface area contributed by atoms with Gasteiger partial charge < -0.3 is 10.5 Å². The quantitative estimate of drug-likeness (QED) is 0.833. The molecule has 0 saturated heterocycles. The monoisotopic (exact) mass is 312 g/mol. The number of pyridine rings is 1. The Morgan fingerprint density at radius 3 is 2.30 bits per heavy atom. The van der Waals surface area contributed by atoms with Gasteiger partial charge in [-0.15, -0.1) is 0 Å². The zero-order valence-electron chi connectivity index (χ0n) is 14.1. The van der Waals surface area contributed by atoms with E-state index in [0.29, 0.717) is 11.4 Å². The van der Waals surface area contributed by atoms with Gasteiger partial charge in [0.25, 0.3) is 0 Å². The van der Waals surface area contributed by atoms with Crippen LogP contribution in [-0.4, -0.2) is 10.9 Å². The Kier molecular flexibility index (Phi) is 5.74. The second kappa shape index (κ2) is 7.77. The third-order valence-electron chi connectivity index (χ3n) is 3.77. The molecule has 1 aromatic heterocycles. The topological polar surface area (TPSA) is 65.2 Å². The van der Waals surface area contributed by atoms with Crippen LogP contribution < -0.4 is 10.5 Å². The zero-order valence-corrected chi connectivity index (χ0v) is 14.1. The van der Waals surface area contributed by atoms with Crippen LogP contribution >= 0.6 is 0 Å². The molecule has 0 unspecified atom stereocenters. The summed E-state index contributed by atoms with van der Waals surface area (Å²) in [5.41, 5.74) is 9.42. The summed E-state index contributed by atoms with van der Waals surface area (Å²) in [6.07, 6.45) is 5.80. The maximum atomic E-state index is 11.1. The fourth-order valence-electron chi connectivity index (χ4n) is 2.60. The van der Waals surface area contributed by atoms with E-state index in [9.17, 15) is 4.79 Å². The fourth-order valence-corrected chi connectivity index (χ4v) is 2.60. The van der Waals surface area contributed by atoms with E-state index in [1.165, 1.54) is 17.3 Å². The van der Waals surface area contributed by atoms with Gasteiger partial charge in [-0.3, -0.25) is 4.79 Å².